The fourth-order valence-electron chi connectivity index (χ4n) is 5.96. The summed E-state index contributed by atoms with van der Waals surface area (Å²) in [5, 5.41) is 4.89. The molecule has 2 aromatic heterocycles. The fourth-order valence-corrected chi connectivity index (χ4v) is 5.96. The van der Waals surface area contributed by atoms with Crippen molar-refractivity contribution in [2.45, 2.75) is 6.92 Å². The molecule has 6 aromatic carbocycles. The Hall–Kier alpha value is -5.61. The predicted octanol–water partition coefficient (Wildman–Crippen LogP) is 9.43. The number of hydrogen-bond donors (Lipinski definition) is 0. The number of aromatic nitrogens is 4. The van der Waals surface area contributed by atoms with Gasteiger partial charge in [-0.15, -0.1) is 0 Å². The lowest BCUT2D eigenvalue weighted by Gasteiger charge is -2.17. The van der Waals surface area contributed by atoms with Crippen LogP contribution in [0.1, 0.15) is 5.56 Å². The minimum Gasteiger partial charge on any atom is -0.308 e. The van der Waals surface area contributed by atoms with Crippen molar-refractivity contribution < 1.29 is 0 Å². The first kappa shape index (κ1) is 24.2. The van der Waals surface area contributed by atoms with Gasteiger partial charge in [0.05, 0.1) is 16.7 Å². The van der Waals surface area contributed by atoms with Crippen LogP contribution in [0.5, 0.6) is 0 Å². The summed E-state index contributed by atoms with van der Waals surface area (Å²) >= 11 is 0. The zero-order chi connectivity index (χ0) is 28.0. The monoisotopic (exact) mass is 538 g/mol. The molecule has 0 saturated heterocycles. The molecule has 2 heterocycles. The standard InChI is InChI=1S/C38H26N4/c1-25-13-12-21-31(38-40-36(26-14-4-2-5-15-26)39-37(41-38)27-16-6-3-7-17-27)35(25)42-33-22-11-10-20-30(33)32-23-28-18-8-9-19-29(28)24-34(32)42/h2-24H,1H3. The number of aryl methyl sites for hydroxylation is 1. The van der Waals surface area contributed by atoms with E-state index < -0.39 is 0 Å². The second-order valence-electron chi connectivity index (χ2n) is 10.6. The van der Waals surface area contributed by atoms with Crippen LogP contribution in [0.2, 0.25) is 0 Å². The van der Waals surface area contributed by atoms with Gasteiger partial charge in [0, 0.05) is 27.5 Å². The van der Waals surface area contributed by atoms with Crippen LogP contribution in [0.3, 0.4) is 0 Å². The Bertz CT molecular complexity index is 2190. The topological polar surface area (TPSA) is 43.6 Å². The fraction of sp³-hybridized carbons (Fsp3) is 0.0263. The highest BCUT2D eigenvalue weighted by Gasteiger charge is 2.21. The molecule has 0 N–H and O–H groups in total. The summed E-state index contributed by atoms with van der Waals surface area (Å²) in [5.74, 6) is 1.95. The summed E-state index contributed by atoms with van der Waals surface area (Å²) < 4.78 is 2.38. The van der Waals surface area contributed by atoms with Crippen molar-refractivity contribution in [1.29, 1.82) is 0 Å². The normalized spacial score (nSPS) is 11.5. The number of benzene rings is 6. The van der Waals surface area contributed by atoms with Crippen molar-refractivity contribution in [3.8, 4) is 39.9 Å². The van der Waals surface area contributed by atoms with Crippen LogP contribution in [0, 0.1) is 6.92 Å². The third-order valence-electron chi connectivity index (χ3n) is 7.94. The van der Waals surface area contributed by atoms with Gasteiger partial charge in [0.15, 0.2) is 17.5 Å². The molecule has 8 aromatic rings. The summed E-state index contributed by atoms with van der Waals surface area (Å²) in [6, 6.07) is 48.5. The van der Waals surface area contributed by atoms with E-state index in [9.17, 15) is 0 Å². The molecule has 0 aliphatic carbocycles. The number of fused-ring (bicyclic) bond motifs is 4. The van der Waals surface area contributed by atoms with Crippen LogP contribution in [0.4, 0.5) is 0 Å². The Labute approximate surface area is 243 Å². The molecule has 0 amide bonds. The van der Waals surface area contributed by atoms with Gasteiger partial charge in [0.1, 0.15) is 0 Å². The lowest BCUT2D eigenvalue weighted by molar-refractivity contribution is 1.06. The molecular weight excluding hydrogens is 512 g/mol. The highest BCUT2D eigenvalue weighted by molar-refractivity contribution is 6.14. The molecule has 0 fully saturated rings. The van der Waals surface area contributed by atoms with Gasteiger partial charge in [-0.05, 0) is 47.5 Å². The minimum atomic E-state index is 0.646. The molecule has 198 valence electrons. The predicted molar refractivity (Wildman–Crippen MR) is 173 cm³/mol. The molecule has 4 heteroatoms. The van der Waals surface area contributed by atoms with E-state index in [0.29, 0.717) is 17.5 Å². The second kappa shape index (κ2) is 9.79. The summed E-state index contributed by atoms with van der Waals surface area (Å²) in [6.45, 7) is 2.16. The van der Waals surface area contributed by atoms with E-state index in [4.69, 9.17) is 15.0 Å². The van der Waals surface area contributed by atoms with Gasteiger partial charge in [-0.25, -0.2) is 15.0 Å². The maximum Gasteiger partial charge on any atom is 0.166 e. The van der Waals surface area contributed by atoms with Crippen LogP contribution in [0.15, 0.2) is 140 Å². The molecule has 0 spiro atoms. The van der Waals surface area contributed by atoms with Gasteiger partial charge < -0.3 is 4.57 Å². The molecular formula is C38H26N4. The van der Waals surface area contributed by atoms with Crippen molar-refractivity contribution >= 4 is 32.6 Å². The number of nitrogens with zero attached hydrogens (tertiary/aromatic N) is 4. The first-order chi connectivity index (χ1) is 20.7. The molecule has 0 aliphatic heterocycles. The van der Waals surface area contributed by atoms with Gasteiger partial charge in [0.2, 0.25) is 0 Å². The average molecular weight is 539 g/mol. The van der Waals surface area contributed by atoms with Gasteiger partial charge in [0.25, 0.3) is 0 Å². The second-order valence-corrected chi connectivity index (χ2v) is 10.6. The number of para-hydroxylation sites is 2. The summed E-state index contributed by atoms with van der Waals surface area (Å²) in [5.41, 5.74) is 7.40. The third kappa shape index (κ3) is 3.96. The maximum atomic E-state index is 5.09. The molecule has 0 atom stereocenters. The van der Waals surface area contributed by atoms with Crippen LogP contribution in [0.25, 0.3) is 72.4 Å². The van der Waals surface area contributed by atoms with Crippen LogP contribution >= 0.6 is 0 Å². The molecule has 0 unspecified atom stereocenters. The lowest BCUT2D eigenvalue weighted by atomic mass is 10.0. The molecule has 0 bridgehead atoms. The van der Waals surface area contributed by atoms with Crippen molar-refractivity contribution in [2.24, 2.45) is 0 Å². The zero-order valence-corrected chi connectivity index (χ0v) is 23.1. The average Bonchev–Trinajstić information content (AvgIpc) is 3.37. The van der Waals surface area contributed by atoms with E-state index in [1.807, 2.05) is 60.7 Å². The van der Waals surface area contributed by atoms with E-state index in [2.05, 4.69) is 90.4 Å². The minimum absolute atomic E-state index is 0.646. The number of hydrogen-bond acceptors (Lipinski definition) is 3. The van der Waals surface area contributed by atoms with Gasteiger partial charge in [-0.1, -0.05) is 115 Å². The Morgan fingerprint density at radius 2 is 1.02 bits per heavy atom. The summed E-state index contributed by atoms with van der Waals surface area (Å²) in [6.07, 6.45) is 0. The molecule has 0 radical (unpaired) electrons. The molecule has 42 heavy (non-hydrogen) atoms. The van der Waals surface area contributed by atoms with Crippen molar-refractivity contribution in [3.63, 3.8) is 0 Å². The van der Waals surface area contributed by atoms with Gasteiger partial charge in [-0.2, -0.15) is 0 Å². The Kier molecular flexibility index (Phi) is 5.64. The Morgan fingerprint density at radius 3 is 1.71 bits per heavy atom. The van der Waals surface area contributed by atoms with E-state index in [-0.39, 0.29) is 0 Å². The summed E-state index contributed by atoms with van der Waals surface area (Å²) in [4.78, 5) is 15.1. The largest absolute Gasteiger partial charge is 0.308 e. The van der Waals surface area contributed by atoms with Crippen LogP contribution in [-0.2, 0) is 0 Å². The first-order valence-electron chi connectivity index (χ1n) is 14.1. The quantitative estimate of drug-likeness (QED) is 0.224. The molecule has 4 nitrogen and oxygen atoms in total. The van der Waals surface area contributed by atoms with Crippen molar-refractivity contribution in [2.75, 3.05) is 0 Å². The third-order valence-corrected chi connectivity index (χ3v) is 7.94. The van der Waals surface area contributed by atoms with E-state index in [1.165, 1.54) is 21.5 Å². The molecule has 8 rings (SSSR count). The molecule has 0 aliphatic rings. The van der Waals surface area contributed by atoms with Crippen LogP contribution < -0.4 is 0 Å². The highest BCUT2D eigenvalue weighted by Crippen LogP contribution is 2.39. The highest BCUT2D eigenvalue weighted by atomic mass is 15.1. The maximum absolute atomic E-state index is 5.09. The number of rotatable bonds is 4. The van der Waals surface area contributed by atoms with E-state index in [0.717, 1.165) is 39.0 Å². The summed E-state index contributed by atoms with van der Waals surface area (Å²) in [7, 11) is 0. The lowest BCUT2D eigenvalue weighted by Crippen LogP contribution is -2.05. The van der Waals surface area contributed by atoms with E-state index in [1.54, 1.807) is 0 Å². The van der Waals surface area contributed by atoms with Gasteiger partial charge in [-0.3, -0.25) is 0 Å². The zero-order valence-electron chi connectivity index (χ0n) is 23.1. The smallest absolute Gasteiger partial charge is 0.166 e. The first-order valence-corrected chi connectivity index (χ1v) is 14.1. The van der Waals surface area contributed by atoms with Crippen molar-refractivity contribution in [1.82, 2.24) is 19.5 Å². The van der Waals surface area contributed by atoms with Crippen LogP contribution in [-0.4, -0.2) is 19.5 Å². The molecule has 0 saturated carbocycles. The van der Waals surface area contributed by atoms with Crippen molar-refractivity contribution in [3.05, 3.63) is 145 Å². The Morgan fingerprint density at radius 1 is 0.452 bits per heavy atom. The SMILES string of the molecule is Cc1cccc(-c2nc(-c3ccccc3)nc(-c3ccccc3)n2)c1-n1c2ccccc2c2cc3ccccc3cc21. The van der Waals surface area contributed by atoms with Gasteiger partial charge >= 0.3 is 0 Å². The Balaban J connectivity index is 1.45. The van der Waals surface area contributed by atoms with E-state index >= 15 is 0 Å².